The Balaban J connectivity index is 2.48. The zero-order valence-electron chi connectivity index (χ0n) is 13.5. The standard InChI is InChI=1S/C16H22N2O4/c1-5-21-14-9-12(10-19)8-13-15(14)22-11(2)16(20)18(13)7-6-17(3)4/h8-11H,5-7H2,1-4H3. The van der Waals surface area contributed by atoms with Crippen LogP contribution in [0.4, 0.5) is 5.69 Å². The maximum absolute atomic E-state index is 12.4. The van der Waals surface area contributed by atoms with Crippen LogP contribution in [0.15, 0.2) is 12.1 Å². The third-order valence-electron chi connectivity index (χ3n) is 3.46. The maximum Gasteiger partial charge on any atom is 0.267 e. The third-order valence-corrected chi connectivity index (χ3v) is 3.46. The number of hydrogen-bond acceptors (Lipinski definition) is 5. The SMILES string of the molecule is CCOc1cc(C=O)cc2c1OC(C)C(=O)N2CCN(C)C. The number of rotatable bonds is 6. The topological polar surface area (TPSA) is 59.1 Å². The van der Waals surface area contributed by atoms with E-state index in [4.69, 9.17) is 9.47 Å². The maximum atomic E-state index is 12.4. The molecule has 1 aromatic carbocycles. The fourth-order valence-electron chi connectivity index (χ4n) is 2.35. The lowest BCUT2D eigenvalue weighted by Gasteiger charge is -2.34. The second-order valence-electron chi connectivity index (χ2n) is 5.47. The monoisotopic (exact) mass is 306 g/mol. The molecule has 0 spiro atoms. The predicted molar refractivity (Wildman–Crippen MR) is 84.0 cm³/mol. The Morgan fingerprint density at radius 3 is 2.73 bits per heavy atom. The van der Waals surface area contributed by atoms with E-state index < -0.39 is 6.10 Å². The number of amides is 1. The van der Waals surface area contributed by atoms with Crippen molar-refractivity contribution in [1.29, 1.82) is 0 Å². The Labute approximate surface area is 130 Å². The summed E-state index contributed by atoms with van der Waals surface area (Å²) in [6, 6.07) is 3.31. The van der Waals surface area contributed by atoms with Crippen molar-refractivity contribution in [2.24, 2.45) is 0 Å². The van der Waals surface area contributed by atoms with Crippen molar-refractivity contribution in [1.82, 2.24) is 4.90 Å². The van der Waals surface area contributed by atoms with Gasteiger partial charge in [-0.15, -0.1) is 0 Å². The molecule has 0 saturated heterocycles. The molecule has 22 heavy (non-hydrogen) atoms. The molecule has 2 rings (SSSR count). The Hall–Kier alpha value is -2.08. The van der Waals surface area contributed by atoms with Gasteiger partial charge in [0.15, 0.2) is 17.6 Å². The van der Waals surface area contributed by atoms with Crippen LogP contribution in [0.5, 0.6) is 11.5 Å². The van der Waals surface area contributed by atoms with E-state index >= 15 is 0 Å². The average Bonchev–Trinajstić information content (AvgIpc) is 2.48. The van der Waals surface area contributed by atoms with Gasteiger partial charge in [0.25, 0.3) is 5.91 Å². The van der Waals surface area contributed by atoms with Gasteiger partial charge < -0.3 is 19.3 Å². The second-order valence-corrected chi connectivity index (χ2v) is 5.47. The lowest BCUT2D eigenvalue weighted by molar-refractivity contribution is -0.125. The third kappa shape index (κ3) is 3.22. The Morgan fingerprint density at radius 2 is 2.14 bits per heavy atom. The number of fused-ring (bicyclic) bond motifs is 1. The number of nitrogens with zero attached hydrogens (tertiary/aromatic N) is 2. The minimum absolute atomic E-state index is 0.111. The average molecular weight is 306 g/mol. The van der Waals surface area contributed by atoms with E-state index in [2.05, 4.69) is 0 Å². The van der Waals surface area contributed by atoms with Crippen LogP contribution in [-0.2, 0) is 4.79 Å². The van der Waals surface area contributed by atoms with E-state index in [1.54, 1.807) is 24.0 Å². The molecule has 1 amide bonds. The van der Waals surface area contributed by atoms with Gasteiger partial charge in [-0.3, -0.25) is 9.59 Å². The number of carbonyl (C=O) groups is 2. The molecule has 0 bridgehead atoms. The summed E-state index contributed by atoms with van der Waals surface area (Å²) >= 11 is 0. The molecule has 0 aliphatic carbocycles. The minimum Gasteiger partial charge on any atom is -0.490 e. The molecule has 1 aliphatic heterocycles. The molecular weight excluding hydrogens is 284 g/mol. The van der Waals surface area contributed by atoms with Crippen molar-refractivity contribution >= 4 is 17.9 Å². The van der Waals surface area contributed by atoms with E-state index in [1.807, 2.05) is 25.9 Å². The first-order chi connectivity index (χ1) is 10.5. The molecule has 0 N–H and O–H groups in total. The van der Waals surface area contributed by atoms with Gasteiger partial charge in [-0.1, -0.05) is 0 Å². The fraction of sp³-hybridized carbons (Fsp3) is 0.500. The van der Waals surface area contributed by atoms with Crippen LogP contribution >= 0.6 is 0 Å². The first kappa shape index (κ1) is 16.3. The van der Waals surface area contributed by atoms with Crippen LogP contribution in [-0.4, -0.2) is 57.0 Å². The fourth-order valence-corrected chi connectivity index (χ4v) is 2.35. The van der Waals surface area contributed by atoms with Crippen LogP contribution in [0.25, 0.3) is 0 Å². The molecule has 1 heterocycles. The number of benzene rings is 1. The highest BCUT2D eigenvalue weighted by molar-refractivity contribution is 6.01. The first-order valence-corrected chi connectivity index (χ1v) is 7.36. The van der Waals surface area contributed by atoms with Crippen molar-refractivity contribution in [2.45, 2.75) is 20.0 Å². The van der Waals surface area contributed by atoms with Crippen LogP contribution in [0.1, 0.15) is 24.2 Å². The van der Waals surface area contributed by atoms with Gasteiger partial charge >= 0.3 is 0 Å². The molecule has 6 nitrogen and oxygen atoms in total. The van der Waals surface area contributed by atoms with Gasteiger partial charge in [0.2, 0.25) is 0 Å². The van der Waals surface area contributed by atoms with Gasteiger partial charge in [-0.2, -0.15) is 0 Å². The predicted octanol–water partition coefficient (Wildman–Crippen LogP) is 1.57. The molecule has 0 saturated carbocycles. The van der Waals surface area contributed by atoms with Crippen molar-refractivity contribution in [3.63, 3.8) is 0 Å². The molecule has 120 valence electrons. The minimum atomic E-state index is -0.573. The quantitative estimate of drug-likeness (QED) is 0.747. The van der Waals surface area contributed by atoms with Crippen molar-refractivity contribution in [3.8, 4) is 11.5 Å². The summed E-state index contributed by atoms with van der Waals surface area (Å²) in [6.45, 7) is 5.28. The van der Waals surface area contributed by atoms with Crippen molar-refractivity contribution in [3.05, 3.63) is 17.7 Å². The summed E-state index contributed by atoms with van der Waals surface area (Å²) in [5.74, 6) is 0.912. The van der Waals surface area contributed by atoms with Gasteiger partial charge in [0.1, 0.15) is 6.29 Å². The van der Waals surface area contributed by atoms with E-state index in [9.17, 15) is 9.59 Å². The molecule has 1 aromatic rings. The van der Waals surface area contributed by atoms with E-state index in [1.165, 1.54) is 0 Å². The molecule has 0 fully saturated rings. The van der Waals surface area contributed by atoms with E-state index in [-0.39, 0.29) is 5.91 Å². The molecule has 0 radical (unpaired) electrons. The normalized spacial score (nSPS) is 17.2. The molecule has 1 atom stereocenters. The number of hydrogen-bond donors (Lipinski definition) is 0. The van der Waals surface area contributed by atoms with E-state index in [0.29, 0.717) is 42.4 Å². The zero-order valence-corrected chi connectivity index (χ0v) is 13.5. The largest absolute Gasteiger partial charge is 0.490 e. The highest BCUT2D eigenvalue weighted by Crippen LogP contribution is 2.42. The second kappa shape index (κ2) is 6.79. The van der Waals surface area contributed by atoms with Crippen molar-refractivity contribution in [2.75, 3.05) is 38.7 Å². The number of aldehydes is 1. The molecule has 6 heteroatoms. The summed E-state index contributed by atoms with van der Waals surface area (Å²) in [4.78, 5) is 27.2. The number of carbonyl (C=O) groups excluding carboxylic acids is 2. The molecule has 1 aliphatic rings. The number of ether oxygens (including phenoxy) is 2. The van der Waals surface area contributed by atoms with Crippen LogP contribution < -0.4 is 14.4 Å². The van der Waals surface area contributed by atoms with Crippen LogP contribution in [0.3, 0.4) is 0 Å². The Bertz CT molecular complexity index is 572. The lowest BCUT2D eigenvalue weighted by atomic mass is 10.1. The molecular formula is C16H22N2O4. The highest BCUT2D eigenvalue weighted by atomic mass is 16.5. The summed E-state index contributed by atoms with van der Waals surface area (Å²) in [5, 5.41) is 0. The Morgan fingerprint density at radius 1 is 1.41 bits per heavy atom. The molecule has 0 aromatic heterocycles. The van der Waals surface area contributed by atoms with Crippen molar-refractivity contribution < 1.29 is 19.1 Å². The summed E-state index contributed by atoms with van der Waals surface area (Å²) in [7, 11) is 3.89. The first-order valence-electron chi connectivity index (χ1n) is 7.36. The lowest BCUT2D eigenvalue weighted by Crippen LogP contribution is -2.47. The summed E-state index contributed by atoms with van der Waals surface area (Å²) < 4.78 is 11.3. The van der Waals surface area contributed by atoms with Gasteiger partial charge in [-0.25, -0.2) is 0 Å². The van der Waals surface area contributed by atoms with Crippen LogP contribution in [0, 0.1) is 0 Å². The summed E-state index contributed by atoms with van der Waals surface area (Å²) in [6.07, 6.45) is 0.172. The van der Waals surface area contributed by atoms with Gasteiger partial charge in [0.05, 0.1) is 12.3 Å². The zero-order chi connectivity index (χ0) is 16.3. The highest BCUT2D eigenvalue weighted by Gasteiger charge is 2.34. The summed E-state index contributed by atoms with van der Waals surface area (Å²) in [5.41, 5.74) is 1.06. The van der Waals surface area contributed by atoms with E-state index in [0.717, 1.165) is 6.29 Å². The Kier molecular flexibility index (Phi) is 5.03. The number of likely N-dealkylation sites (N-methyl/N-ethyl adjacent to an activating group) is 1. The number of anilines is 1. The van der Waals surface area contributed by atoms with Gasteiger partial charge in [-0.05, 0) is 40.1 Å². The smallest absolute Gasteiger partial charge is 0.267 e. The molecule has 1 unspecified atom stereocenters. The van der Waals surface area contributed by atoms with Gasteiger partial charge in [0, 0.05) is 18.7 Å². The van der Waals surface area contributed by atoms with Crippen LogP contribution in [0.2, 0.25) is 0 Å².